The number of hydrogen-bond donors (Lipinski definition) is 1. The fourth-order valence-electron chi connectivity index (χ4n) is 1.98. The maximum atomic E-state index is 9.03. The third-order valence-corrected chi connectivity index (χ3v) is 2.90. The topological polar surface area (TPSA) is 45.0 Å². The van der Waals surface area contributed by atoms with Gasteiger partial charge < -0.3 is 10.1 Å². The molecule has 0 atom stereocenters. The summed E-state index contributed by atoms with van der Waals surface area (Å²) < 4.78 is 5.95. The highest BCUT2D eigenvalue weighted by Crippen LogP contribution is 2.25. The first-order valence-corrected chi connectivity index (χ1v) is 5.68. The lowest BCUT2D eigenvalue weighted by Gasteiger charge is -2.25. The second-order valence-electron chi connectivity index (χ2n) is 4.13. The van der Waals surface area contributed by atoms with E-state index in [4.69, 9.17) is 10.00 Å². The summed E-state index contributed by atoms with van der Waals surface area (Å²) in [7, 11) is 0. The van der Waals surface area contributed by atoms with Crippen LogP contribution in [0.25, 0.3) is 0 Å². The van der Waals surface area contributed by atoms with Crippen LogP contribution < -0.4 is 10.1 Å². The monoisotopic (exact) mass is 216 g/mol. The summed E-state index contributed by atoms with van der Waals surface area (Å²) in [5.41, 5.74) is 1.68. The average Bonchev–Trinajstić information content (AvgIpc) is 2.33. The smallest absolute Gasteiger partial charge is 0.140 e. The van der Waals surface area contributed by atoms with Crippen molar-refractivity contribution in [3.63, 3.8) is 0 Å². The predicted molar refractivity (Wildman–Crippen MR) is 62.4 cm³/mol. The van der Waals surface area contributed by atoms with E-state index >= 15 is 0 Å². The average molecular weight is 216 g/mol. The minimum atomic E-state index is 0.245. The van der Waals surface area contributed by atoms with Gasteiger partial charge in [0.1, 0.15) is 17.9 Å². The highest BCUT2D eigenvalue weighted by molar-refractivity contribution is 5.47. The van der Waals surface area contributed by atoms with Crippen LogP contribution >= 0.6 is 0 Å². The molecule has 1 heterocycles. The number of nitriles is 1. The Morgan fingerprint density at radius 3 is 2.81 bits per heavy atom. The van der Waals surface area contributed by atoms with Gasteiger partial charge in [-0.3, -0.25) is 0 Å². The van der Waals surface area contributed by atoms with Crippen molar-refractivity contribution in [3.8, 4) is 11.8 Å². The number of nitrogens with zero attached hydrogens (tertiary/aromatic N) is 1. The molecular formula is C13H16N2O. The SMILES string of the molecule is Cc1cccc(C#N)c1OC1CCNCC1. The zero-order valence-corrected chi connectivity index (χ0v) is 9.49. The van der Waals surface area contributed by atoms with Crippen LogP contribution in [-0.2, 0) is 0 Å². The molecule has 0 bridgehead atoms. The first kappa shape index (κ1) is 11.0. The lowest BCUT2D eigenvalue weighted by atomic mass is 10.1. The van der Waals surface area contributed by atoms with Crippen molar-refractivity contribution in [3.05, 3.63) is 29.3 Å². The Hall–Kier alpha value is -1.53. The van der Waals surface area contributed by atoms with Gasteiger partial charge in [0.2, 0.25) is 0 Å². The van der Waals surface area contributed by atoms with Gasteiger partial charge in [-0.15, -0.1) is 0 Å². The lowest BCUT2D eigenvalue weighted by molar-refractivity contribution is 0.161. The van der Waals surface area contributed by atoms with Gasteiger partial charge in [-0.1, -0.05) is 12.1 Å². The van der Waals surface area contributed by atoms with Crippen LogP contribution in [0.1, 0.15) is 24.0 Å². The van der Waals surface area contributed by atoms with Crippen LogP contribution in [0.15, 0.2) is 18.2 Å². The molecule has 0 spiro atoms. The highest BCUT2D eigenvalue weighted by Gasteiger charge is 2.17. The van der Waals surface area contributed by atoms with E-state index in [0.29, 0.717) is 5.56 Å². The molecule has 0 radical (unpaired) electrons. The number of piperidine rings is 1. The molecule has 1 aliphatic heterocycles. The summed E-state index contributed by atoms with van der Waals surface area (Å²) in [6.45, 7) is 3.98. The molecular weight excluding hydrogens is 200 g/mol. The van der Waals surface area contributed by atoms with Crippen molar-refractivity contribution < 1.29 is 4.74 Å². The van der Waals surface area contributed by atoms with Crippen LogP contribution in [-0.4, -0.2) is 19.2 Å². The minimum Gasteiger partial charge on any atom is -0.489 e. The zero-order valence-electron chi connectivity index (χ0n) is 9.49. The van der Waals surface area contributed by atoms with Gasteiger partial charge in [-0.2, -0.15) is 5.26 Å². The molecule has 3 nitrogen and oxygen atoms in total. The maximum Gasteiger partial charge on any atom is 0.140 e. The van der Waals surface area contributed by atoms with Crippen LogP contribution in [0.4, 0.5) is 0 Å². The maximum absolute atomic E-state index is 9.03. The van der Waals surface area contributed by atoms with Gasteiger partial charge in [0.15, 0.2) is 0 Å². The number of para-hydroxylation sites is 1. The fourth-order valence-corrected chi connectivity index (χ4v) is 1.98. The molecule has 1 aliphatic rings. The number of hydrogen-bond acceptors (Lipinski definition) is 3. The summed E-state index contributed by atoms with van der Waals surface area (Å²) in [5, 5.41) is 12.3. The van der Waals surface area contributed by atoms with Crippen molar-refractivity contribution in [2.75, 3.05) is 13.1 Å². The summed E-state index contributed by atoms with van der Waals surface area (Å²) in [4.78, 5) is 0. The van der Waals surface area contributed by atoms with Crippen molar-refractivity contribution in [1.82, 2.24) is 5.32 Å². The molecule has 1 N–H and O–H groups in total. The molecule has 16 heavy (non-hydrogen) atoms. The molecule has 84 valence electrons. The molecule has 1 aromatic rings. The van der Waals surface area contributed by atoms with Gasteiger partial charge in [0.25, 0.3) is 0 Å². The third kappa shape index (κ3) is 2.34. The van der Waals surface area contributed by atoms with Crippen LogP contribution in [0.2, 0.25) is 0 Å². The molecule has 1 fully saturated rings. The minimum absolute atomic E-state index is 0.245. The van der Waals surface area contributed by atoms with E-state index in [2.05, 4.69) is 11.4 Å². The molecule has 0 aromatic heterocycles. The summed E-state index contributed by atoms with van der Waals surface area (Å²) >= 11 is 0. The number of benzene rings is 1. The van der Waals surface area contributed by atoms with Crippen molar-refractivity contribution in [2.24, 2.45) is 0 Å². The highest BCUT2D eigenvalue weighted by atomic mass is 16.5. The summed E-state index contributed by atoms with van der Waals surface area (Å²) in [6.07, 6.45) is 2.27. The van der Waals surface area contributed by atoms with E-state index in [9.17, 15) is 0 Å². The Labute approximate surface area is 96.0 Å². The van der Waals surface area contributed by atoms with E-state index in [0.717, 1.165) is 37.2 Å². The summed E-state index contributed by atoms with van der Waals surface area (Å²) in [6, 6.07) is 7.87. The van der Waals surface area contributed by atoms with E-state index in [1.807, 2.05) is 25.1 Å². The lowest BCUT2D eigenvalue weighted by Crippen LogP contribution is -2.34. The van der Waals surface area contributed by atoms with Crippen molar-refractivity contribution in [2.45, 2.75) is 25.9 Å². The zero-order chi connectivity index (χ0) is 11.4. The standard InChI is InChI=1S/C13H16N2O/c1-10-3-2-4-11(9-14)13(10)16-12-5-7-15-8-6-12/h2-4,12,15H,5-8H2,1H3. The van der Waals surface area contributed by atoms with Gasteiger partial charge in [0, 0.05) is 0 Å². The Bertz CT molecular complexity index is 403. The van der Waals surface area contributed by atoms with E-state index in [-0.39, 0.29) is 6.10 Å². The van der Waals surface area contributed by atoms with E-state index in [1.54, 1.807) is 0 Å². The quantitative estimate of drug-likeness (QED) is 0.822. The van der Waals surface area contributed by atoms with Crippen molar-refractivity contribution >= 4 is 0 Å². The van der Waals surface area contributed by atoms with Crippen LogP contribution in [0.3, 0.4) is 0 Å². The molecule has 0 saturated carbocycles. The van der Waals surface area contributed by atoms with Crippen molar-refractivity contribution in [1.29, 1.82) is 5.26 Å². The Morgan fingerprint density at radius 1 is 1.38 bits per heavy atom. The van der Waals surface area contributed by atoms with Gasteiger partial charge >= 0.3 is 0 Å². The second-order valence-corrected chi connectivity index (χ2v) is 4.13. The van der Waals surface area contributed by atoms with Gasteiger partial charge in [-0.05, 0) is 44.5 Å². The molecule has 3 heteroatoms. The third-order valence-electron chi connectivity index (χ3n) is 2.90. The van der Waals surface area contributed by atoms with Gasteiger partial charge in [-0.25, -0.2) is 0 Å². The number of rotatable bonds is 2. The largest absolute Gasteiger partial charge is 0.489 e. The molecule has 1 saturated heterocycles. The second kappa shape index (κ2) is 5.00. The Balaban J connectivity index is 2.16. The number of nitrogens with one attached hydrogen (secondary N) is 1. The van der Waals surface area contributed by atoms with E-state index in [1.165, 1.54) is 0 Å². The number of ether oxygens (including phenoxy) is 1. The first-order valence-electron chi connectivity index (χ1n) is 5.68. The van der Waals surface area contributed by atoms with E-state index < -0.39 is 0 Å². The molecule has 0 unspecified atom stereocenters. The molecule has 0 aliphatic carbocycles. The molecule has 2 rings (SSSR count). The number of aryl methyl sites for hydroxylation is 1. The molecule has 1 aromatic carbocycles. The van der Waals surface area contributed by atoms with Crippen LogP contribution in [0.5, 0.6) is 5.75 Å². The Morgan fingerprint density at radius 2 is 2.12 bits per heavy atom. The fraction of sp³-hybridized carbons (Fsp3) is 0.462. The predicted octanol–water partition coefficient (Wildman–Crippen LogP) is 2.00. The van der Waals surface area contributed by atoms with Crippen LogP contribution in [0, 0.1) is 18.3 Å². The normalized spacial score (nSPS) is 16.8. The summed E-state index contributed by atoms with van der Waals surface area (Å²) in [5.74, 6) is 0.761. The van der Waals surface area contributed by atoms with Gasteiger partial charge in [0.05, 0.1) is 5.56 Å². The molecule has 0 amide bonds. The first-order chi connectivity index (χ1) is 7.81. The Kier molecular flexibility index (Phi) is 3.43.